The molecule has 0 aromatic carbocycles. The maximum atomic E-state index is 9.97. The SMILES string of the molecule is NC(=O)O.O=C(O)C=Cc1cnc[nH]1. The molecule has 5 N–H and O–H groups in total. The number of imidazole rings is 1. The highest BCUT2D eigenvalue weighted by molar-refractivity contribution is 5.84. The molecule has 1 aromatic heterocycles. The van der Waals surface area contributed by atoms with Crippen LogP contribution in [0.4, 0.5) is 4.79 Å². The highest BCUT2D eigenvalue weighted by Crippen LogP contribution is 1.92. The van der Waals surface area contributed by atoms with Crippen molar-refractivity contribution in [3.63, 3.8) is 0 Å². The van der Waals surface area contributed by atoms with E-state index < -0.39 is 12.1 Å². The third-order valence-corrected chi connectivity index (χ3v) is 0.925. The van der Waals surface area contributed by atoms with Crippen LogP contribution in [0.3, 0.4) is 0 Å². The number of nitrogens with one attached hydrogen (secondary N) is 1. The molecule has 0 saturated heterocycles. The molecule has 0 aliphatic rings. The molecular formula is C7H9N3O4. The van der Waals surface area contributed by atoms with Crippen LogP contribution in [0.15, 0.2) is 18.6 Å². The summed E-state index contributed by atoms with van der Waals surface area (Å²) < 4.78 is 0. The van der Waals surface area contributed by atoms with Gasteiger partial charge in [0.2, 0.25) is 0 Å². The molecule has 0 aliphatic heterocycles. The smallest absolute Gasteiger partial charge is 0.402 e. The van der Waals surface area contributed by atoms with Crippen molar-refractivity contribution in [1.29, 1.82) is 0 Å². The summed E-state index contributed by atoms with van der Waals surface area (Å²) >= 11 is 0. The molecule has 7 heteroatoms. The lowest BCUT2D eigenvalue weighted by atomic mass is 10.4. The average Bonchev–Trinajstić information content (AvgIpc) is 2.51. The summed E-state index contributed by atoms with van der Waals surface area (Å²) in [5.74, 6) is -0.963. The minimum atomic E-state index is -1.33. The lowest BCUT2D eigenvalue weighted by Gasteiger charge is -1.79. The summed E-state index contributed by atoms with van der Waals surface area (Å²) in [4.78, 5) is 25.2. The molecule has 76 valence electrons. The van der Waals surface area contributed by atoms with Crippen LogP contribution < -0.4 is 5.73 Å². The quantitative estimate of drug-likeness (QED) is 0.503. The Morgan fingerprint density at radius 3 is 2.43 bits per heavy atom. The number of aliphatic carboxylic acids is 1. The first kappa shape index (κ1) is 11.7. The summed E-state index contributed by atoms with van der Waals surface area (Å²) in [5.41, 5.74) is 4.71. The number of nitrogens with two attached hydrogens (primary N) is 1. The molecule has 1 amide bonds. The van der Waals surface area contributed by atoms with Crippen molar-refractivity contribution in [2.75, 3.05) is 0 Å². The van der Waals surface area contributed by atoms with E-state index in [0.717, 1.165) is 6.08 Å². The van der Waals surface area contributed by atoms with Crippen LogP contribution in [0, 0.1) is 0 Å². The van der Waals surface area contributed by atoms with Gasteiger partial charge < -0.3 is 20.9 Å². The lowest BCUT2D eigenvalue weighted by Crippen LogP contribution is -2.03. The molecule has 0 radical (unpaired) electrons. The summed E-state index contributed by atoms with van der Waals surface area (Å²) in [6.07, 6.45) is 4.18. The first-order valence-electron chi connectivity index (χ1n) is 3.40. The van der Waals surface area contributed by atoms with Gasteiger partial charge in [0.25, 0.3) is 0 Å². The topological polar surface area (TPSA) is 129 Å². The number of carboxylic acids is 1. The van der Waals surface area contributed by atoms with E-state index in [1.165, 1.54) is 12.4 Å². The fourth-order valence-corrected chi connectivity index (χ4v) is 0.519. The van der Waals surface area contributed by atoms with Crippen molar-refractivity contribution in [2.45, 2.75) is 0 Å². The van der Waals surface area contributed by atoms with Crippen molar-refractivity contribution in [3.05, 3.63) is 24.3 Å². The van der Waals surface area contributed by atoms with Crippen LogP contribution >= 0.6 is 0 Å². The molecule has 0 unspecified atom stereocenters. The normalized spacial score (nSPS) is 9.14. The van der Waals surface area contributed by atoms with Gasteiger partial charge in [0.05, 0.1) is 18.2 Å². The standard InChI is InChI=1S/C6H6N2O2.CH3NO2/c9-6(10)2-1-5-3-7-4-8-5;2-1(3)4/h1-4H,(H,7,8)(H,9,10);2H2,(H,3,4). The molecular weight excluding hydrogens is 190 g/mol. The second-order valence-electron chi connectivity index (χ2n) is 2.02. The zero-order valence-electron chi connectivity index (χ0n) is 7.04. The second kappa shape index (κ2) is 6.23. The summed E-state index contributed by atoms with van der Waals surface area (Å²) in [7, 11) is 0. The fraction of sp³-hybridized carbons (Fsp3) is 0. The molecule has 0 aliphatic carbocycles. The Labute approximate surface area is 78.9 Å². The number of H-pyrrole nitrogens is 1. The zero-order chi connectivity index (χ0) is 11.0. The van der Waals surface area contributed by atoms with Crippen LogP contribution in [0.25, 0.3) is 6.08 Å². The molecule has 0 bridgehead atoms. The van der Waals surface area contributed by atoms with Gasteiger partial charge >= 0.3 is 12.1 Å². The van der Waals surface area contributed by atoms with Gasteiger partial charge in [-0.15, -0.1) is 0 Å². The van der Waals surface area contributed by atoms with Gasteiger partial charge in [0.1, 0.15) is 0 Å². The number of carboxylic acid groups (broad SMARTS) is 2. The van der Waals surface area contributed by atoms with Gasteiger partial charge in [-0.2, -0.15) is 0 Å². The zero-order valence-corrected chi connectivity index (χ0v) is 7.04. The molecule has 0 spiro atoms. The van der Waals surface area contributed by atoms with E-state index >= 15 is 0 Å². The van der Waals surface area contributed by atoms with Gasteiger partial charge in [-0.25, -0.2) is 14.6 Å². The van der Waals surface area contributed by atoms with Crippen LogP contribution in [0.1, 0.15) is 5.69 Å². The van der Waals surface area contributed by atoms with E-state index in [4.69, 9.17) is 15.0 Å². The number of primary amides is 1. The van der Waals surface area contributed by atoms with Crippen LogP contribution in [0.5, 0.6) is 0 Å². The molecule has 14 heavy (non-hydrogen) atoms. The fourth-order valence-electron chi connectivity index (χ4n) is 0.519. The Morgan fingerprint density at radius 2 is 2.07 bits per heavy atom. The van der Waals surface area contributed by atoms with E-state index in [1.54, 1.807) is 6.20 Å². The highest BCUT2D eigenvalue weighted by Gasteiger charge is 1.87. The Kier molecular flexibility index (Phi) is 5.20. The van der Waals surface area contributed by atoms with Crippen molar-refractivity contribution in [1.82, 2.24) is 9.97 Å². The average molecular weight is 199 g/mol. The van der Waals surface area contributed by atoms with E-state index in [1.807, 2.05) is 0 Å². The molecule has 0 atom stereocenters. The number of aromatic nitrogens is 2. The number of hydrogen-bond acceptors (Lipinski definition) is 3. The van der Waals surface area contributed by atoms with Crippen molar-refractivity contribution in [2.24, 2.45) is 5.73 Å². The Hall–Kier alpha value is -2.31. The maximum Gasteiger partial charge on any atom is 0.402 e. The maximum absolute atomic E-state index is 9.97. The third kappa shape index (κ3) is 7.79. The van der Waals surface area contributed by atoms with Crippen molar-refractivity contribution < 1.29 is 19.8 Å². The Bertz CT molecular complexity index is 314. The molecule has 1 heterocycles. The number of carbonyl (C=O) groups is 2. The first-order valence-corrected chi connectivity index (χ1v) is 3.40. The van der Waals surface area contributed by atoms with E-state index in [0.29, 0.717) is 5.69 Å². The second-order valence-corrected chi connectivity index (χ2v) is 2.02. The van der Waals surface area contributed by atoms with Crippen molar-refractivity contribution >= 4 is 18.1 Å². The van der Waals surface area contributed by atoms with Gasteiger partial charge in [-0.1, -0.05) is 0 Å². The number of rotatable bonds is 2. The molecule has 1 aromatic rings. The minimum Gasteiger partial charge on any atom is -0.478 e. The monoisotopic (exact) mass is 199 g/mol. The van der Waals surface area contributed by atoms with Crippen LogP contribution in [-0.2, 0) is 4.79 Å². The summed E-state index contributed by atoms with van der Waals surface area (Å²) in [6.45, 7) is 0. The van der Waals surface area contributed by atoms with Gasteiger partial charge in [0.15, 0.2) is 0 Å². The third-order valence-electron chi connectivity index (χ3n) is 0.925. The van der Waals surface area contributed by atoms with Gasteiger partial charge in [0, 0.05) is 6.08 Å². The van der Waals surface area contributed by atoms with Gasteiger partial charge in [-0.3, -0.25) is 0 Å². The lowest BCUT2D eigenvalue weighted by molar-refractivity contribution is -0.131. The number of aromatic amines is 1. The summed E-state index contributed by atoms with van der Waals surface area (Å²) in [6, 6.07) is 0. The summed E-state index contributed by atoms with van der Waals surface area (Å²) in [5, 5.41) is 15.4. The number of hydrogen-bond donors (Lipinski definition) is 4. The highest BCUT2D eigenvalue weighted by atomic mass is 16.4. The largest absolute Gasteiger partial charge is 0.478 e. The molecule has 0 saturated carbocycles. The number of nitrogens with zero attached hydrogens (tertiary/aromatic N) is 1. The first-order chi connectivity index (χ1) is 6.52. The predicted molar refractivity (Wildman–Crippen MR) is 47.5 cm³/mol. The van der Waals surface area contributed by atoms with Crippen LogP contribution in [0.2, 0.25) is 0 Å². The minimum absolute atomic E-state index is 0.683. The number of amides is 1. The van der Waals surface area contributed by atoms with Crippen LogP contribution in [-0.4, -0.2) is 32.2 Å². The molecule has 0 fully saturated rings. The van der Waals surface area contributed by atoms with Gasteiger partial charge in [-0.05, 0) is 6.08 Å². The van der Waals surface area contributed by atoms with E-state index in [2.05, 4.69) is 15.7 Å². The van der Waals surface area contributed by atoms with E-state index in [-0.39, 0.29) is 0 Å². The predicted octanol–water partition coefficient (Wildman–Crippen LogP) is 0.131. The Balaban J connectivity index is 0.000000364. The van der Waals surface area contributed by atoms with E-state index in [9.17, 15) is 4.79 Å². The van der Waals surface area contributed by atoms with Crippen molar-refractivity contribution in [3.8, 4) is 0 Å². The Morgan fingerprint density at radius 1 is 1.50 bits per heavy atom. The molecule has 1 rings (SSSR count). The molecule has 7 nitrogen and oxygen atoms in total.